The molecule has 3 nitrogen and oxygen atoms in total. The lowest BCUT2D eigenvalue weighted by atomic mass is 10.1. The highest BCUT2D eigenvalue weighted by atomic mass is 127. The Morgan fingerprint density at radius 2 is 1.88 bits per heavy atom. The van der Waals surface area contributed by atoms with Crippen LogP contribution in [0.5, 0.6) is 5.75 Å². The van der Waals surface area contributed by atoms with E-state index < -0.39 is 5.97 Å². The van der Waals surface area contributed by atoms with Crippen molar-refractivity contribution in [3.63, 3.8) is 0 Å². The van der Waals surface area contributed by atoms with Gasteiger partial charge in [0.2, 0.25) is 0 Å². The van der Waals surface area contributed by atoms with Crippen LogP contribution in [0.15, 0.2) is 24.3 Å². The highest BCUT2D eigenvalue weighted by molar-refractivity contribution is 14.1. The van der Waals surface area contributed by atoms with Gasteiger partial charge in [-0.2, -0.15) is 0 Å². The highest BCUT2D eigenvalue weighted by Crippen LogP contribution is 2.13. The number of carboxylic acids is 1. The summed E-state index contributed by atoms with van der Waals surface area (Å²) in [5.74, 6) is 0.00563. The second-order valence-corrected chi connectivity index (χ2v) is 4.89. The zero-order valence-corrected chi connectivity index (χ0v) is 11.9. The lowest BCUT2D eigenvalue weighted by Crippen LogP contribution is -2.00. The summed E-state index contributed by atoms with van der Waals surface area (Å²) in [4.78, 5) is 10.5. The Labute approximate surface area is 115 Å². The number of unbranched alkanes of at least 4 members (excludes halogenated alkanes) is 2. The molecule has 0 bridgehead atoms. The van der Waals surface area contributed by atoms with Crippen LogP contribution in [0.4, 0.5) is 0 Å². The molecule has 4 heteroatoms. The molecule has 1 aromatic carbocycles. The SMILES string of the molecule is O=C(O)Cc1ccc(OCCCCCI)cc1. The first-order chi connectivity index (χ1) is 8.22. The van der Waals surface area contributed by atoms with Gasteiger partial charge in [-0.1, -0.05) is 34.7 Å². The Hall–Kier alpha value is -0.780. The van der Waals surface area contributed by atoms with E-state index in [2.05, 4.69) is 22.6 Å². The van der Waals surface area contributed by atoms with Gasteiger partial charge in [0.1, 0.15) is 5.75 Å². The minimum absolute atomic E-state index is 0.0654. The first-order valence-electron chi connectivity index (χ1n) is 5.72. The van der Waals surface area contributed by atoms with Gasteiger partial charge in [-0.05, 0) is 41.4 Å². The van der Waals surface area contributed by atoms with Gasteiger partial charge < -0.3 is 9.84 Å². The quantitative estimate of drug-likeness (QED) is 0.446. The number of rotatable bonds is 8. The van der Waals surface area contributed by atoms with Gasteiger partial charge in [-0.25, -0.2) is 0 Å². The normalized spacial score (nSPS) is 10.2. The summed E-state index contributed by atoms with van der Waals surface area (Å²) in [7, 11) is 0. The van der Waals surface area contributed by atoms with Crippen molar-refractivity contribution in [2.45, 2.75) is 25.7 Å². The molecule has 0 unspecified atom stereocenters. The minimum Gasteiger partial charge on any atom is -0.494 e. The molecule has 0 amide bonds. The summed E-state index contributed by atoms with van der Waals surface area (Å²) >= 11 is 2.37. The zero-order valence-electron chi connectivity index (χ0n) is 9.69. The summed E-state index contributed by atoms with van der Waals surface area (Å²) in [6.07, 6.45) is 3.57. The Morgan fingerprint density at radius 1 is 1.18 bits per heavy atom. The molecule has 17 heavy (non-hydrogen) atoms. The van der Waals surface area contributed by atoms with Crippen molar-refractivity contribution >= 4 is 28.6 Å². The molecule has 0 saturated carbocycles. The van der Waals surface area contributed by atoms with Crippen LogP contribution in [0, 0.1) is 0 Å². The van der Waals surface area contributed by atoms with Crippen molar-refractivity contribution in [2.75, 3.05) is 11.0 Å². The second kappa shape index (κ2) is 8.33. The number of carbonyl (C=O) groups is 1. The largest absolute Gasteiger partial charge is 0.494 e. The molecule has 1 N–H and O–H groups in total. The van der Waals surface area contributed by atoms with Crippen molar-refractivity contribution in [1.82, 2.24) is 0 Å². The van der Waals surface area contributed by atoms with Crippen LogP contribution in [0.1, 0.15) is 24.8 Å². The first-order valence-corrected chi connectivity index (χ1v) is 7.24. The molecule has 1 aromatic rings. The number of hydrogen-bond donors (Lipinski definition) is 1. The summed E-state index contributed by atoms with van der Waals surface area (Å²) in [6.45, 7) is 0.731. The van der Waals surface area contributed by atoms with Gasteiger partial charge in [0, 0.05) is 0 Å². The maximum Gasteiger partial charge on any atom is 0.307 e. The van der Waals surface area contributed by atoms with E-state index in [0.29, 0.717) is 0 Å². The van der Waals surface area contributed by atoms with E-state index in [1.807, 2.05) is 12.1 Å². The summed E-state index contributed by atoms with van der Waals surface area (Å²) in [5, 5.41) is 8.63. The maximum absolute atomic E-state index is 10.5. The van der Waals surface area contributed by atoms with E-state index >= 15 is 0 Å². The van der Waals surface area contributed by atoms with Crippen molar-refractivity contribution < 1.29 is 14.6 Å². The predicted molar refractivity (Wildman–Crippen MR) is 76.0 cm³/mol. The monoisotopic (exact) mass is 348 g/mol. The molecule has 0 aliphatic carbocycles. The predicted octanol–water partition coefficient (Wildman–Crippen LogP) is 3.30. The van der Waals surface area contributed by atoms with Crippen LogP contribution in [0.3, 0.4) is 0 Å². The molecule has 94 valence electrons. The lowest BCUT2D eigenvalue weighted by molar-refractivity contribution is -0.136. The third-order valence-electron chi connectivity index (χ3n) is 2.33. The van der Waals surface area contributed by atoms with Crippen LogP contribution in [-0.2, 0) is 11.2 Å². The van der Waals surface area contributed by atoms with E-state index in [1.165, 1.54) is 17.3 Å². The fourth-order valence-electron chi connectivity index (χ4n) is 1.44. The Kier molecular flexibility index (Phi) is 7.00. The van der Waals surface area contributed by atoms with Crippen LogP contribution < -0.4 is 4.74 Å². The molecule has 0 aliphatic rings. The molecular formula is C13H17IO3. The van der Waals surface area contributed by atoms with Gasteiger partial charge in [0.15, 0.2) is 0 Å². The van der Waals surface area contributed by atoms with Crippen molar-refractivity contribution in [3.8, 4) is 5.75 Å². The molecule has 0 fully saturated rings. The number of carboxylic acid groups (broad SMARTS) is 1. The Balaban J connectivity index is 2.28. The number of alkyl halides is 1. The zero-order chi connectivity index (χ0) is 12.5. The molecule has 0 saturated heterocycles. The summed E-state index contributed by atoms with van der Waals surface area (Å²) < 4.78 is 6.76. The number of hydrogen-bond acceptors (Lipinski definition) is 2. The number of aliphatic carboxylic acids is 1. The van der Waals surface area contributed by atoms with Gasteiger partial charge in [0.05, 0.1) is 13.0 Å². The third kappa shape index (κ3) is 6.51. The highest BCUT2D eigenvalue weighted by Gasteiger charge is 2.00. The average molecular weight is 348 g/mol. The van der Waals surface area contributed by atoms with Crippen molar-refractivity contribution in [2.24, 2.45) is 0 Å². The minimum atomic E-state index is -0.808. The van der Waals surface area contributed by atoms with Crippen molar-refractivity contribution in [3.05, 3.63) is 29.8 Å². The molecular weight excluding hydrogens is 331 g/mol. The number of halogens is 1. The number of ether oxygens (including phenoxy) is 1. The molecule has 0 atom stereocenters. The maximum atomic E-state index is 10.5. The lowest BCUT2D eigenvalue weighted by Gasteiger charge is -2.06. The van der Waals surface area contributed by atoms with Gasteiger partial charge >= 0.3 is 5.97 Å². The van der Waals surface area contributed by atoms with Gasteiger partial charge in [-0.3, -0.25) is 4.79 Å². The van der Waals surface area contributed by atoms with Gasteiger partial charge in [0.25, 0.3) is 0 Å². The second-order valence-electron chi connectivity index (χ2n) is 3.81. The average Bonchev–Trinajstić information content (AvgIpc) is 2.30. The summed E-state index contributed by atoms with van der Waals surface area (Å²) in [6, 6.07) is 7.26. The van der Waals surface area contributed by atoms with E-state index in [0.717, 1.165) is 24.3 Å². The van der Waals surface area contributed by atoms with Crippen molar-refractivity contribution in [1.29, 1.82) is 0 Å². The van der Waals surface area contributed by atoms with E-state index in [4.69, 9.17) is 9.84 Å². The van der Waals surface area contributed by atoms with E-state index in [-0.39, 0.29) is 6.42 Å². The fourth-order valence-corrected chi connectivity index (χ4v) is 1.98. The number of benzene rings is 1. The van der Waals surface area contributed by atoms with E-state index in [9.17, 15) is 4.79 Å². The van der Waals surface area contributed by atoms with Crippen LogP contribution >= 0.6 is 22.6 Å². The van der Waals surface area contributed by atoms with Crippen LogP contribution in [-0.4, -0.2) is 22.1 Å². The molecule has 0 spiro atoms. The van der Waals surface area contributed by atoms with Crippen LogP contribution in [0.25, 0.3) is 0 Å². The Morgan fingerprint density at radius 3 is 2.47 bits per heavy atom. The molecule has 1 rings (SSSR count). The third-order valence-corrected chi connectivity index (χ3v) is 3.09. The molecule has 0 radical (unpaired) electrons. The molecule has 0 aliphatic heterocycles. The first kappa shape index (κ1) is 14.3. The molecule has 0 aromatic heterocycles. The molecule has 0 heterocycles. The fraction of sp³-hybridized carbons (Fsp3) is 0.462. The van der Waals surface area contributed by atoms with Crippen LogP contribution in [0.2, 0.25) is 0 Å². The summed E-state index contributed by atoms with van der Waals surface area (Å²) in [5.41, 5.74) is 0.801. The van der Waals surface area contributed by atoms with Gasteiger partial charge in [-0.15, -0.1) is 0 Å². The smallest absolute Gasteiger partial charge is 0.307 e. The van der Waals surface area contributed by atoms with E-state index in [1.54, 1.807) is 12.1 Å². The Bertz CT molecular complexity index is 335. The standard InChI is InChI=1S/C13H17IO3/c14-8-2-1-3-9-17-12-6-4-11(5-7-12)10-13(15)16/h4-7H,1-3,8-10H2,(H,15,16). The topological polar surface area (TPSA) is 46.5 Å².